The van der Waals surface area contributed by atoms with E-state index in [1.807, 2.05) is 4.90 Å². The fourth-order valence-corrected chi connectivity index (χ4v) is 5.66. The maximum Gasteiger partial charge on any atom is 0.281 e. The van der Waals surface area contributed by atoms with Crippen LogP contribution in [0, 0.1) is 5.92 Å². The third kappa shape index (κ3) is 3.83. The maximum atomic E-state index is 13.1. The van der Waals surface area contributed by atoms with Gasteiger partial charge in [0, 0.05) is 38.7 Å². The van der Waals surface area contributed by atoms with Crippen molar-refractivity contribution in [2.75, 3.05) is 27.2 Å². The van der Waals surface area contributed by atoms with Crippen LogP contribution in [-0.4, -0.2) is 65.0 Å². The molecule has 1 N–H and O–H groups in total. The fraction of sp³-hybridized carbons (Fsp3) is 0.650. The van der Waals surface area contributed by atoms with Crippen molar-refractivity contribution in [1.82, 2.24) is 23.5 Å². The monoisotopic (exact) mass is 435 g/mol. The molecule has 1 aromatic rings. The van der Waals surface area contributed by atoms with Gasteiger partial charge in [0.25, 0.3) is 15.8 Å². The zero-order valence-corrected chi connectivity index (χ0v) is 18.3. The first-order valence-electron chi connectivity index (χ1n) is 10.5. The summed E-state index contributed by atoms with van der Waals surface area (Å²) < 4.78 is 27.5. The quantitative estimate of drug-likeness (QED) is 0.709. The second kappa shape index (κ2) is 8.24. The summed E-state index contributed by atoms with van der Waals surface area (Å²) in [4.78, 5) is 35.2. The molecule has 4 rings (SSSR count). The molecule has 2 aliphatic heterocycles. The van der Waals surface area contributed by atoms with E-state index in [1.54, 1.807) is 0 Å². The molecule has 1 fully saturated rings. The minimum absolute atomic E-state index is 0.0133. The zero-order chi connectivity index (χ0) is 21.5. The number of likely N-dealkylation sites (tertiary alicyclic amines) is 1. The number of hydrogen-bond acceptors (Lipinski definition) is 5. The molecule has 1 aromatic heterocycles. The summed E-state index contributed by atoms with van der Waals surface area (Å²) in [7, 11) is -0.603. The molecule has 0 aromatic carbocycles. The van der Waals surface area contributed by atoms with E-state index in [0.29, 0.717) is 30.0 Å². The number of fused-ring (bicyclic) bond motifs is 1. The van der Waals surface area contributed by atoms with Crippen molar-refractivity contribution in [2.45, 2.75) is 51.1 Å². The fourth-order valence-electron chi connectivity index (χ4n) is 4.59. The number of H-pyrrole nitrogens is 1. The van der Waals surface area contributed by atoms with Crippen molar-refractivity contribution in [3.8, 4) is 0 Å². The van der Waals surface area contributed by atoms with Crippen molar-refractivity contribution in [1.29, 1.82) is 0 Å². The summed E-state index contributed by atoms with van der Waals surface area (Å²) in [5.41, 5.74) is 0.805. The van der Waals surface area contributed by atoms with E-state index in [1.165, 1.54) is 22.7 Å². The van der Waals surface area contributed by atoms with Crippen LogP contribution in [0.4, 0.5) is 0 Å². The lowest BCUT2D eigenvalue weighted by Gasteiger charge is -2.31. The van der Waals surface area contributed by atoms with Crippen LogP contribution in [0.25, 0.3) is 0 Å². The topological polar surface area (TPSA) is 107 Å². The van der Waals surface area contributed by atoms with Crippen LogP contribution >= 0.6 is 0 Å². The van der Waals surface area contributed by atoms with Gasteiger partial charge in [-0.25, -0.2) is 4.98 Å². The Hall–Kier alpha value is -2.04. The van der Waals surface area contributed by atoms with E-state index >= 15 is 0 Å². The van der Waals surface area contributed by atoms with Gasteiger partial charge in [0.05, 0.1) is 18.3 Å². The first-order chi connectivity index (χ1) is 14.3. The Kier molecular flexibility index (Phi) is 5.82. The van der Waals surface area contributed by atoms with E-state index in [4.69, 9.17) is 0 Å². The minimum Gasteiger partial charge on any atom is -0.332 e. The number of nitrogens with one attached hydrogen (secondary N) is 1. The molecule has 0 spiro atoms. The largest absolute Gasteiger partial charge is 0.332 e. The third-order valence-electron chi connectivity index (χ3n) is 6.31. The Morgan fingerprint density at radius 2 is 2.03 bits per heavy atom. The smallest absolute Gasteiger partial charge is 0.281 e. The molecule has 3 heterocycles. The van der Waals surface area contributed by atoms with Gasteiger partial charge < -0.3 is 9.88 Å². The normalized spacial score (nSPS) is 25.0. The third-order valence-corrected chi connectivity index (χ3v) is 8.20. The number of carbonyl (C=O) groups is 1. The standard InChI is InChI=1S/C20H29N5O4S/c1-23(2)30(28,29)24-12-10-15-16(13-24)21-18(22-19(15)26)17-9-6-11-25(17)20(27)14-7-4-3-5-8-14/h3-4,14,17H,5-13H2,1-2H3,(H,21,22,26)/t14-,17-/m0/s1. The predicted molar refractivity (Wildman–Crippen MR) is 112 cm³/mol. The minimum atomic E-state index is -3.58. The van der Waals surface area contributed by atoms with Crippen LogP contribution in [0.2, 0.25) is 0 Å². The lowest BCUT2D eigenvalue weighted by molar-refractivity contribution is -0.136. The molecule has 30 heavy (non-hydrogen) atoms. The van der Waals surface area contributed by atoms with E-state index in [9.17, 15) is 18.0 Å². The van der Waals surface area contributed by atoms with Crippen LogP contribution in [0.15, 0.2) is 16.9 Å². The summed E-state index contributed by atoms with van der Waals surface area (Å²) in [6.07, 6.45) is 8.64. The Morgan fingerprint density at radius 3 is 2.73 bits per heavy atom. The van der Waals surface area contributed by atoms with E-state index in [-0.39, 0.29) is 36.5 Å². The highest BCUT2D eigenvalue weighted by Crippen LogP contribution is 2.33. The van der Waals surface area contributed by atoms with Gasteiger partial charge in [-0.05, 0) is 38.5 Å². The molecule has 3 aliphatic rings. The molecular formula is C20H29N5O4S. The van der Waals surface area contributed by atoms with Gasteiger partial charge in [-0.3, -0.25) is 9.59 Å². The number of allylic oxidation sites excluding steroid dienone is 2. The molecule has 9 nitrogen and oxygen atoms in total. The highest BCUT2D eigenvalue weighted by Gasteiger charge is 2.37. The van der Waals surface area contributed by atoms with Crippen LogP contribution in [0.5, 0.6) is 0 Å². The van der Waals surface area contributed by atoms with Gasteiger partial charge >= 0.3 is 0 Å². The van der Waals surface area contributed by atoms with Gasteiger partial charge in [-0.1, -0.05) is 12.2 Å². The molecule has 0 bridgehead atoms. The van der Waals surface area contributed by atoms with E-state index < -0.39 is 10.2 Å². The first kappa shape index (κ1) is 21.2. The number of aromatic nitrogens is 2. The van der Waals surface area contributed by atoms with Crippen molar-refractivity contribution in [3.05, 3.63) is 39.6 Å². The zero-order valence-electron chi connectivity index (χ0n) is 17.5. The van der Waals surface area contributed by atoms with Gasteiger partial charge in [0.2, 0.25) is 5.91 Å². The van der Waals surface area contributed by atoms with E-state index in [2.05, 4.69) is 22.1 Å². The Morgan fingerprint density at radius 1 is 1.23 bits per heavy atom. The molecule has 1 aliphatic carbocycles. The Balaban J connectivity index is 1.61. The van der Waals surface area contributed by atoms with Crippen molar-refractivity contribution in [3.63, 3.8) is 0 Å². The molecule has 0 radical (unpaired) electrons. The molecule has 0 saturated carbocycles. The molecule has 0 unspecified atom stereocenters. The number of aromatic amines is 1. The molecule has 1 saturated heterocycles. The molecule has 10 heteroatoms. The second-order valence-corrected chi connectivity index (χ2v) is 10.6. The lowest BCUT2D eigenvalue weighted by Crippen LogP contribution is -2.45. The number of rotatable bonds is 4. The maximum absolute atomic E-state index is 13.1. The Bertz CT molecular complexity index is 1020. The SMILES string of the molecule is CN(C)S(=O)(=O)N1CCc2c(nc([C@@H]3CCCN3C(=O)[C@H]3CC=CCC3)[nH]c2=O)C1. The molecule has 1 amide bonds. The molecular weight excluding hydrogens is 406 g/mol. The molecule has 2 atom stereocenters. The van der Waals surface area contributed by atoms with Crippen LogP contribution in [0.3, 0.4) is 0 Å². The molecule has 164 valence electrons. The summed E-state index contributed by atoms with van der Waals surface area (Å²) in [6.45, 7) is 0.980. The second-order valence-electron chi connectivity index (χ2n) is 8.42. The van der Waals surface area contributed by atoms with E-state index in [0.717, 1.165) is 32.1 Å². The highest BCUT2D eigenvalue weighted by atomic mass is 32.2. The van der Waals surface area contributed by atoms with Crippen molar-refractivity contribution in [2.24, 2.45) is 5.92 Å². The average molecular weight is 436 g/mol. The summed E-state index contributed by atoms with van der Waals surface area (Å²) >= 11 is 0. The summed E-state index contributed by atoms with van der Waals surface area (Å²) in [5, 5.41) is 0. The van der Waals surface area contributed by atoms with Crippen molar-refractivity contribution < 1.29 is 13.2 Å². The summed E-state index contributed by atoms with van der Waals surface area (Å²) in [5.74, 6) is 0.583. The van der Waals surface area contributed by atoms with Gasteiger partial charge in [0.1, 0.15) is 5.82 Å². The number of hydrogen-bond donors (Lipinski definition) is 1. The van der Waals surface area contributed by atoms with Crippen molar-refractivity contribution >= 4 is 16.1 Å². The van der Waals surface area contributed by atoms with Gasteiger partial charge in [-0.15, -0.1) is 0 Å². The number of carbonyl (C=O) groups excluding carboxylic acids is 1. The van der Waals surface area contributed by atoms with Crippen LogP contribution < -0.4 is 5.56 Å². The van der Waals surface area contributed by atoms with Crippen LogP contribution in [0.1, 0.15) is 55.2 Å². The average Bonchev–Trinajstić information content (AvgIpc) is 3.23. The van der Waals surface area contributed by atoms with Crippen LogP contribution in [-0.2, 0) is 28.0 Å². The first-order valence-corrected chi connectivity index (χ1v) is 11.9. The predicted octanol–water partition coefficient (Wildman–Crippen LogP) is 0.954. The van der Waals surface area contributed by atoms with Gasteiger partial charge in [-0.2, -0.15) is 17.0 Å². The van der Waals surface area contributed by atoms with Gasteiger partial charge in [0.15, 0.2) is 0 Å². The summed E-state index contributed by atoms with van der Waals surface area (Å²) in [6, 6.07) is -0.262. The lowest BCUT2D eigenvalue weighted by atomic mass is 9.93. The number of nitrogens with zero attached hydrogens (tertiary/aromatic N) is 4. The Labute approximate surface area is 177 Å². The number of amides is 1. The highest BCUT2D eigenvalue weighted by molar-refractivity contribution is 7.86.